The summed E-state index contributed by atoms with van der Waals surface area (Å²) >= 11 is 6.41. The van der Waals surface area contributed by atoms with E-state index in [9.17, 15) is 14.4 Å². The molecule has 0 fully saturated rings. The van der Waals surface area contributed by atoms with Crippen LogP contribution in [0.4, 0.5) is 5.69 Å². The van der Waals surface area contributed by atoms with Gasteiger partial charge in [0.05, 0.1) is 19.8 Å². The van der Waals surface area contributed by atoms with Gasteiger partial charge in [-0.3, -0.25) is 9.59 Å². The maximum Gasteiger partial charge on any atom is 0.338 e. The fourth-order valence-electron chi connectivity index (χ4n) is 4.61. The molecular formula is C24H20ClNO7. The average molecular weight is 470 g/mol. The number of nitrogens with one attached hydrogen (secondary N) is 1. The molecule has 1 aliphatic carbocycles. The van der Waals surface area contributed by atoms with Crippen LogP contribution < -0.4 is 19.5 Å². The number of halogens is 1. The number of carbonyl (C=O) groups is 3. The highest BCUT2D eigenvalue weighted by Gasteiger charge is 2.60. The van der Waals surface area contributed by atoms with Crippen LogP contribution in [-0.4, -0.2) is 37.4 Å². The summed E-state index contributed by atoms with van der Waals surface area (Å²) in [4.78, 5) is 38.6. The maximum atomic E-state index is 13.5. The lowest BCUT2D eigenvalue weighted by Gasteiger charge is -2.35. The molecule has 0 aromatic heterocycles. The molecule has 1 N–H and O–H groups in total. The van der Waals surface area contributed by atoms with Crippen LogP contribution >= 0.6 is 11.6 Å². The molecule has 9 heteroatoms. The van der Waals surface area contributed by atoms with Gasteiger partial charge in [-0.1, -0.05) is 18.5 Å². The first-order valence-corrected chi connectivity index (χ1v) is 10.7. The number of ether oxygens (including phenoxy) is 4. The van der Waals surface area contributed by atoms with E-state index in [1.807, 2.05) is 6.07 Å². The van der Waals surface area contributed by atoms with Gasteiger partial charge in [0.15, 0.2) is 5.75 Å². The molecule has 8 nitrogen and oxygen atoms in total. The lowest BCUT2D eigenvalue weighted by molar-refractivity contribution is -0.129. The molecule has 0 saturated heterocycles. The summed E-state index contributed by atoms with van der Waals surface area (Å²) in [5, 5.41) is 3.33. The van der Waals surface area contributed by atoms with Crippen molar-refractivity contribution in [3.8, 4) is 17.2 Å². The summed E-state index contributed by atoms with van der Waals surface area (Å²) in [6.45, 7) is 2.00. The summed E-state index contributed by atoms with van der Waals surface area (Å²) in [6.07, 6.45) is 1.76. The zero-order valence-corrected chi connectivity index (χ0v) is 18.9. The molecule has 33 heavy (non-hydrogen) atoms. The van der Waals surface area contributed by atoms with Crippen LogP contribution in [0.2, 0.25) is 5.02 Å². The van der Waals surface area contributed by atoms with Crippen LogP contribution in [0.5, 0.6) is 17.2 Å². The molecule has 2 heterocycles. The van der Waals surface area contributed by atoms with Crippen molar-refractivity contribution < 1.29 is 33.3 Å². The number of methoxy groups -OCH3 is 2. The molecule has 0 bridgehead atoms. The predicted molar refractivity (Wildman–Crippen MR) is 118 cm³/mol. The van der Waals surface area contributed by atoms with Gasteiger partial charge in [-0.25, -0.2) is 4.79 Å². The standard InChI is InChI=1S/C24H20ClNO7/c1-11-6-14(26-13-4-5-15-12(7-13)10-32-23(15)29)8-18(27)24(11)22(28)19-16(30-2)9-17(31-3)20(25)21(19)33-24/h4-5,7-9,11,26H,6,10H2,1-3H3/t11-,24+/m1/s1. The van der Waals surface area contributed by atoms with Crippen LogP contribution in [0.1, 0.15) is 39.6 Å². The Morgan fingerprint density at radius 3 is 2.58 bits per heavy atom. The Kier molecular flexibility index (Phi) is 4.86. The second-order valence-electron chi connectivity index (χ2n) is 8.18. The molecule has 1 spiro atoms. The third-order valence-corrected chi connectivity index (χ3v) is 6.66. The highest BCUT2D eigenvalue weighted by molar-refractivity contribution is 6.36. The van der Waals surface area contributed by atoms with E-state index in [4.69, 9.17) is 30.5 Å². The molecule has 2 aromatic carbocycles. The van der Waals surface area contributed by atoms with Crippen molar-refractivity contribution in [2.75, 3.05) is 19.5 Å². The fraction of sp³-hybridized carbons (Fsp3) is 0.292. The zero-order chi connectivity index (χ0) is 23.5. The molecule has 3 aliphatic rings. The number of hydrogen-bond donors (Lipinski definition) is 1. The molecule has 0 saturated carbocycles. The van der Waals surface area contributed by atoms with Crippen LogP contribution in [-0.2, 0) is 16.1 Å². The first-order chi connectivity index (χ1) is 15.8. The second kappa shape index (κ2) is 7.52. The van der Waals surface area contributed by atoms with Gasteiger partial charge in [-0.05, 0) is 24.6 Å². The van der Waals surface area contributed by atoms with Crippen LogP contribution in [0.15, 0.2) is 36.0 Å². The monoisotopic (exact) mass is 469 g/mol. The van der Waals surface area contributed by atoms with Gasteiger partial charge < -0.3 is 24.3 Å². The van der Waals surface area contributed by atoms with Crippen LogP contribution in [0.25, 0.3) is 0 Å². The largest absolute Gasteiger partial charge is 0.496 e. The Labute approximate surface area is 194 Å². The van der Waals surface area contributed by atoms with E-state index >= 15 is 0 Å². The Morgan fingerprint density at radius 1 is 1.12 bits per heavy atom. The van der Waals surface area contributed by atoms with E-state index in [1.54, 1.807) is 19.1 Å². The van der Waals surface area contributed by atoms with Gasteiger partial charge in [0.1, 0.15) is 28.7 Å². The molecular weight excluding hydrogens is 450 g/mol. The number of rotatable bonds is 4. The number of benzene rings is 2. The Hall–Kier alpha value is -3.52. The number of allylic oxidation sites excluding steroid dienone is 1. The van der Waals surface area contributed by atoms with Crippen molar-refractivity contribution in [2.45, 2.75) is 25.6 Å². The summed E-state index contributed by atoms with van der Waals surface area (Å²) in [5.74, 6) is -1.21. The van der Waals surface area contributed by atoms with Gasteiger partial charge in [-0.15, -0.1) is 0 Å². The smallest absolute Gasteiger partial charge is 0.338 e. The third-order valence-electron chi connectivity index (χ3n) is 6.30. The predicted octanol–water partition coefficient (Wildman–Crippen LogP) is 3.95. The van der Waals surface area contributed by atoms with Gasteiger partial charge >= 0.3 is 5.97 Å². The second-order valence-corrected chi connectivity index (χ2v) is 8.56. The van der Waals surface area contributed by atoms with Gasteiger partial charge in [0.2, 0.25) is 17.2 Å². The minimum Gasteiger partial charge on any atom is -0.496 e. The third kappa shape index (κ3) is 3.01. The van der Waals surface area contributed by atoms with E-state index in [1.165, 1.54) is 26.4 Å². The molecule has 2 aromatic rings. The van der Waals surface area contributed by atoms with Gasteiger partial charge in [0.25, 0.3) is 0 Å². The van der Waals surface area contributed by atoms with Gasteiger partial charge in [-0.2, -0.15) is 0 Å². The van der Waals surface area contributed by atoms with Gasteiger partial charge in [0, 0.05) is 35.0 Å². The Morgan fingerprint density at radius 2 is 1.88 bits per heavy atom. The van der Waals surface area contributed by atoms with E-state index in [0.717, 1.165) is 5.56 Å². The van der Waals surface area contributed by atoms with Crippen molar-refractivity contribution in [1.29, 1.82) is 0 Å². The minimum absolute atomic E-state index is 0.0890. The summed E-state index contributed by atoms with van der Waals surface area (Å²) in [6, 6.07) is 6.75. The SMILES string of the molecule is COc1cc(OC)c2c(c1Cl)O[C@@]1(C(=O)C=C(Nc3ccc4c(c3)COC4=O)C[C@H]1C)C2=O. The van der Waals surface area contributed by atoms with Crippen molar-refractivity contribution in [3.63, 3.8) is 0 Å². The Balaban J connectivity index is 1.48. The summed E-state index contributed by atoms with van der Waals surface area (Å²) < 4.78 is 21.7. The number of cyclic esters (lactones) is 1. The highest BCUT2D eigenvalue weighted by atomic mass is 35.5. The highest BCUT2D eigenvalue weighted by Crippen LogP contribution is 2.53. The first-order valence-electron chi connectivity index (χ1n) is 10.3. The quantitative estimate of drug-likeness (QED) is 0.530. The number of ketones is 2. The van der Waals surface area contributed by atoms with Crippen molar-refractivity contribution in [3.05, 3.63) is 57.8 Å². The van der Waals surface area contributed by atoms with Crippen LogP contribution in [0.3, 0.4) is 0 Å². The number of Topliss-reactive ketones (excluding diaryl/α,β-unsaturated/α-hetero) is 1. The lowest BCUT2D eigenvalue weighted by atomic mass is 9.74. The molecule has 0 amide bonds. The van der Waals surface area contributed by atoms with E-state index in [2.05, 4.69) is 5.32 Å². The zero-order valence-electron chi connectivity index (χ0n) is 18.1. The summed E-state index contributed by atoms with van der Waals surface area (Å²) in [7, 11) is 2.86. The number of carbonyl (C=O) groups excluding carboxylic acids is 3. The average Bonchev–Trinajstić information content (AvgIpc) is 3.31. The minimum atomic E-state index is -1.73. The van der Waals surface area contributed by atoms with E-state index < -0.39 is 23.1 Å². The molecule has 0 unspecified atom stereocenters. The van der Waals surface area contributed by atoms with Crippen LogP contribution in [0, 0.1) is 5.92 Å². The van der Waals surface area contributed by atoms with Crippen molar-refractivity contribution in [2.24, 2.45) is 5.92 Å². The summed E-state index contributed by atoms with van der Waals surface area (Å²) in [5.41, 5.74) is 1.06. The Bertz CT molecular complexity index is 1270. The molecule has 2 atom stereocenters. The number of fused-ring (bicyclic) bond motifs is 2. The number of anilines is 1. The molecule has 170 valence electrons. The first kappa shape index (κ1) is 21.3. The lowest BCUT2D eigenvalue weighted by Crippen LogP contribution is -2.55. The van der Waals surface area contributed by atoms with E-state index in [-0.39, 0.29) is 40.4 Å². The molecule has 5 rings (SSSR count). The van der Waals surface area contributed by atoms with Crippen molar-refractivity contribution >= 4 is 34.8 Å². The normalized spacial score (nSPS) is 23.0. The van der Waals surface area contributed by atoms with Crippen molar-refractivity contribution in [1.82, 2.24) is 0 Å². The topological polar surface area (TPSA) is 100 Å². The molecule has 0 radical (unpaired) electrons. The maximum absolute atomic E-state index is 13.5. The number of esters is 1. The number of hydrogen-bond acceptors (Lipinski definition) is 8. The van der Waals surface area contributed by atoms with E-state index in [0.29, 0.717) is 23.4 Å². The fourth-order valence-corrected chi connectivity index (χ4v) is 4.88. The molecule has 2 aliphatic heterocycles.